The van der Waals surface area contributed by atoms with Crippen LogP contribution < -0.4 is 10.6 Å². The van der Waals surface area contributed by atoms with Gasteiger partial charge in [-0.1, -0.05) is 0 Å². The summed E-state index contributed by atoms with van der Waals surface area (Å²) in [6.07, 6.45) is 4.77. The van der Waals surface area contributed by atoms with Gasteiger partial charge >= 0.3 is 6.09 Å². The van der Waals surface area contributed by atoms with E-state index in [2.05, 4.69) is 15.5 Å². The molecule has 1 atom stereocenters. The van der Waals surface area contributed by atoms with E-state index in [-0.39, 0.29) is 6.09 Å². The molecule has 2 N–H and O–H groups in total. The molecule has 0 radical (unpaired) electrons. The van der Waals surface area contributed by atoms with Gasteiger partial charge in [0.15, 0.2) is 0 Å². The quantitative estimate of drug-likeness (QED) is 0.836. The molecule has 0 spiro atoms. The van der Waals surface area contributed by atoms with E-state index in [1.165, 1.54) is 51.9 Å². The molecular formula is C17H33N3O2. The first kappa shape index (κ1) is 17.5. The molecular weight excluding hydrogens is 278 g/mol. The second-order valence-corrected chi connectivity index (χ2v) is 7.84. The Bertz CT molecular complexity index is 348. The fourth-order valence-corrected chi connectivity index (χ4v) is 3.46. The van der Waals surface area contributed by atoms with Gasteiger partial charge in [-0.05, 0) is 77.9 Å². The van der Waals surface area contributed by atoms with Crippen molar-refractivity contribution >= 4 is 6.09 Å². The van der Waals surface area contributed by atoms with Crippen LogP contribution in [-0.4, -0.2) is 55.9 Å². The maximum atomic E-state index is 11.7. The molecule has 0 aromatic rings. The van der Waals surface area contributed by atoms with Crippen LogP contribution in [0.1, 0.15) is 46.5 Å². The van der Waals surface area contributed by atoms with Crippen LogP contribution in [-0.2, 0) is 4.74 Å². The normalized spacial score (nSPS) is 25.0. The fraction of sp³-hybridized carbons (Fsp3) is 0.941. The summed E-state index contributed by atoms with van der Waals surface area (Å²) in [5, 5.41) is 6.37. The highest BCUT2D eigenvalue weighted by Gasteiger charge is 2.24. The second kappa shape index (κ2) is 8.16. The van der Waals surface area contributed by atoms with Gasteiger partial charge in [-0.25, -0.2) is 4.79 Å². The summed E-state index contributed by atoms with van der Waals surface area (Å²) in [4.78, 5) is 14.3. The number of carbonyl (C=O) groups is 1. The highest BCUT2D eigenvalue weighted by atomic mass is 16.6. The lowest BCUT2D eigenvalue weighted by molar-refractivity contribution is 0.0504. The predicted molar refractivity (Wildman–Crippen MR) is 89.0 cm³/mol. The third-order valence-electron chi connectivity index (χ3n) is 4.51. The first-order chi connectivity index (χ1) is 10.4. The first-order valence-electron chi connectivity index (χ1n) is 8.82. The van der Waals surface area contributed by atoms with Crippen LogP contribution in [0.15, 0.2) is 0 Å². The number of rotatable bonds is 4. The van der Waals surface area contributed by atoms with Crippen LogP contribution >= 0.6 is 0 Å². The zero-order chi connectivity index (χ0) is 16.0. The van der Waals surface area contributed by atoms with E-state index in [0.29, 0.717) is 5.92 Å². The largest absolute Gasteiger partial charge is 0.444 e. The third kappa shape index (κ3) is 6.53. The van der Waals surface area contributed by atoms with Crippen molar-refractivity contribution in [1.82, 2.24) is 15.5 Å². The highest BCUT2D eigenvalue weighted by Crippen LogP contribution is 2.20. The monoisotopic (exact) mass is 311 g/mol. The number of hydrogen-bond donors (Lipinski definition) is 2. The van der Waals surface area contributed by atoms with E-state index in [0.717, 1.165) is 19.0 Å². The molecule has 0 bridgehead atoms. The maximum absolute atomic E-state index is 11.7. The van der Waals surface area contributed by atoms with Gasteiger partial charge in [0.1, 0.15) is 5.60 Å². The summed E-state index contributed by atoms with van der Waals surface area (Å²) in [5.74, 6) is 1.40. The highest BCUT2D eigenvalue weighted by molar-refractivity contribution is 5.67. The van der Waals surface area contributed by atoms with E-state index in [1.54, 1.807) is 0 Å². The molecule has 1 unspecified atom stereocenters. The SMILES string of the molecule is CC(C)(C)OC(=O)NCC1CCCN(CC2CCNCC2)C1. The number of nitrogens with one attached hydrogen (secondary N) is 2. The minimum atomic E-state index is -0.419. The molecule has 0 aromatic carbocycles. The zero-order valence-corrected chi connectivity index (χ0v) is 14.5. The van der Waals surface area contributed by atoms with E-state index < -0.39 is 5.60 Å². The topological polar surface area (TPSA) is 53.6 Å². The molecule has 0 saturated carbocycles. The Morgan fingerprint density at radius 2 is 1.95 bits per heavy atom. The molecule has 5 heteroatoms. The van der Waals surface area contributed by atoms with Crippen molar-refractivity contribution in [2.45, 2.75) is 52.1 Å². The molecule has 1 amide bonds. The number of carbonyl (C=O) groups excluding carboxylic acids is 1. The van der Waals surface area contributed by atoms with E-state index >= 15 is 0 Å². The van der Waals surface area contributed by atoms with Crippen LogP contribution in [0.3, 0.4) is 0 Å². The molecule has 0 aromatic heterocycles. The van der Waals surface area contributed by atoms with E-state index in [9.17, 15) is 4.79 Å². The van der Waals surface area contributed by atoms with Gasteiger partial charge in [-0.15, -0.1) is 0 Å². The average Bonchev–Trinajstić information content (AvgIpc) is 2.45. The lowest BCUT2D eigenvalue weighted by Gasteiger charge is -2.36. The van der Waals surface area contributed by atoms with Gasteiger partial charge in [-0.3, -0.25) is 0 Å². The summed E-state index contributed by atoms with van der Waals surface area (Å²) in [5.41, 5.74) is -0.419. The third-order valence-corrected chi connectivity index (χ3v) is 4.51. The number of alkyl carbamates (subject to hydrolysis) is 1. The molecule has 22 heavy (non-hydrogen) atoms. The summed E-state index contributed by atoms with van der Waals surface area (Å²) < 4.78 is 5.31. The molecule has 128 valence electrons. The standard InChI is InChI=1S/C17H33N3O2/c1-17(2,3)22-16(21)19-11-15-5-4-10-20(13-15)12-14-6-8-18-9-7-14/h14-15,18H,4-13H2,1-3H3,(H,19,21). The molecule has 2 aliphatic rings. The number of ether oxygens (including phenoxy) is 1. The fourth-order valence-electron chi connectivity index (χ4n) is 3.46. The van der Waals surface area contributed by atoms with Gasteiger partial charge in [-0.2, -0.15) is 0 Å². The number of hydrogen-bond acceptors (Lipinski definition) is 4. The molecule has 2 heterocycles. The first-order valence-corrected chi connectivity index (χ1v) is 8.82. The molecule has 2 fully saturated rings. The summed E-state index contributed by atoms with van der Waals surface area (Å²) in [7, 11) is 0. The molecule has 5 nitrogen and oxygen atoms in total. The van der Waals surface area contributed by atoms with Crippen molar-refractivity contribution in [2.75, 3.05) is 39.3 Å². The van der Waals surface area contributed by atoms with Crippen molar-refractivity contribution in [3.8, 4) is 0 Å². The predicted octanol–water partition coefficient (Wildman–Crippen LogP) is 2.22. The molecule has 2 rings (SSSR count). The Kier molecular flexibility index (Phi) is 6.50. The average molecular weight is 311 g/mol. The van der Waals surface area contributed by atoms with Gasteiger partial charge in [0.25, 0.3) is 0 Å². The van der Waals surface area contributed by atoms with Crippen molar-refractivity contribution < 1.29 is 9.53 Å². The van der Waals surface area contributed by atoms with Crippen molar-refractivity contribution in [3.05, 3.63) is 0 Å². The van der Waals surface area contributed by atoms with Gasteiger partial charge in [0.2, 0.25) is 0 Å². The Labute approximate surface area is 135 Å². The van der Waals surface area contributed by atoms with Crippen molar-refractivity contribution in [2.24, 2.45) is 11.8 Å². The number of amides is 1. The van der Waals surface area contributed by atoms with Crippen molar-refractivity contribution in [3.63, 3.8) is 0 Å². The number of likely N-dealkylation sites (tertiary alicyclic amines) is 1. The molecule has 2 saturated heterocycles. The summed E-state index contributed by atoms with van der Waals surface area (Å²) in [6.45, 7) is 12.3. The minimum Gasteiger partial charge on any atom is -0.444 e. The van der Waals surface area contributed by atoms with Gasteiger partial charge in [0, 0.05) is 19.6 Å². The Morgan fingerprint density at radius 3 is 2.64 bits per heavy atom. The van der Waals surface area contributed by atoms with E-state index in [4.69, 9.17) is 4.74 Å². The van der Waals surface area contributed by atoms with Crippen LogP contribution in [0, 0.1) is 11.8 Å². The maximum Gasteiger partial charge on any atom is 0.407 e. The van der Waals surface area contributed by atoms with Crippen LogP contribution in [0.5, 0.6) is 0 Å². The Balaban J connectivity index is 1.68. The second-order valence-electron chi connectivity index (χ2n) is 7.84. The smallest absolute Gasteiger partial charge is 0.407 e. The zero-order valence-electron chi connectivity index (χ0n) is 14.5. The van der Waals surface area contributed by atoms with Crippen LogP contribution in [0.2, 0.25) is 0 Å². The van der Waals surface area contributed by atoms with Gasteiger partial charge in [0.05, 0.1) is 0 Å². The minimum absolute atomic E-state index is 0.289. The summed E-state index contributed by atoms with van der Waals surface area (Å²) in [6, 6.07) is 0. The summed E-state index contributed by atoms with van der Waals surface area (Å²) >= 11 is 0. The van der Waals surface area contributed by atoms with Crippen molar-refractivity contribution in [1.29, 1.82) is 0 Å². The number of nitrogens with zero attached hydrogens (tertiary/aromatic N) is 1. The van der Waals surface area contributed by atoms with E-state index in [1.807, 2.05) is 20.8 Å². The Morgan fingerprint density at radius 1 is 1.23 bits per heavy atom. The molecule has 2 aliphatic heterocycles. The molecule has 0 aliphatic carbocycles. The Hall–Kier alpha value is -0.810. The number of piperidine rings is 2. The van der Waals surface area contributed by atoms with Crippen LogP contribution in [0.25, 0.3) is 0 Å². The lowest BCUT2D eigenvalue weighted by Crippen LogP contribution is -2.44. The van der Waals surface area contributed by atoms with Gasteiger partial charge < -0.3 is 20.3 Å². The lowest BCUT2D eigenvalue weighted by atomic mass is 9.93. The van der Waals surface area contributed by atoms with Crippen LogP contribution in [0.4, 0.5) is 4.79 Å².